The second-order valence-corrected chi connectivity index (χ2v) is 9.91. The highest BCUT2D eigenvalue weighted by molar-refractivity contribution is 5.92. The van der Waals surface area contributed by atoms with Crippen LogP contribution in [0.5, 0.6) is 5.75 Å². The molecular formula is C31H31NO5. The molecule has 0 amide bonds. The Bertz CT molecular complexity index is 1320. The van der Waals surface area contributed by atoms with E-state index >= 15 is 0 Å². The van der Waals surface area contributed by atoms with Crippen molar-refractivity contribution in [3.63, 3.8) is 0 Å². The van der Waals surface area contributed by atoms with E-state index in [1.54, 1.807) is 30.5 Å². The van der Waals surface area contributed by atoms with Gasteiger partial charge in [0.2, 0.25) is 0 Å². The van der Waals surface area contributed by atoms with Gasteiger partial charge in [0.25, 0.3) is 0 Å². The van der Waals surface area contributed by atoms with E-state index < -0.39 is 23.1 Å². The minimum absolute atomic E-state index is 0.254. The Morgan fingerprint density at radius 2 is 1.68 bits per heavy atom. The minimum Gasteiger partial charge on any atom is -0.489 e. The summed E-state index contributed by atoms with van der Waals surface area (Å²) in [6.45, 7) is 5.89. The van der Waals surface area contributed by atoms with Crippen LogP contribution >= 0.6 is 0 Å². The first kappa shape index (κ1) is 25.9. The minimum atomic E-state index is -1.19. The number of hydrogen-bond acceptors (Lipinski definition) is 6. The molecule has 1 unspecified atom stereocenters. The Balaban J connectivity index is 1.72. The zero-order valence-corrected chi connectivity index (χ0v) is 21.6. The first-order chi connectivity index (χ1) is 17.7. The fourth-order valence-electron chi connectivity index (χ4n) is 4.09. The molecule has 0 saturated heterocycles. The molecule has 6 heteroatoms. The highest BCUT2D eigenvalue weighted by Gasteiger charge is 2.41. The molecule has 1 aliphatic rings. The van der Waals surface area contributed by atoms with Crippen molar-refractivity contribution in [1.82, 2.24) is 0 Å². The molecule has 0 saturated carbocycles. The van der Waals surface area contributed by atoms with E-state index in [1.165, 1.54) is 7.11 Å². The summed E-state index contributed by atoms with van der Waals surface area (Å²) in [5.74, 6) is -0.175. The van der Waals surface area contributed by atoms with E-state index in [-0.39, 0.29) is 6.42 Å². The number of aliphatic imine (C=N–C) groups is 1. The Kier molecular flexibility index (Phi) is 7.58. The number of hydrogen-bond donors (Lipinski definition) is 0. The molecule has 0 bridgehead atoms. The van der Waals surface area contributed by atoms with Gasteiger partial charge >= 0.3 is 11.9 Å². The van der Waals surface area contributed by atoms with Crippen LogP contribution in [0.3, 0.4) is 0 Å². The van der Waals surface area contributed by atoms with Crippen molar-refractivity contribution in [1.29, 1.82) is 0 Å². The third-order valence-electron chi connectivity index (χ3n) is 5.89. The first-order valence-corrected chi connectivity index (χ1v) is 12.1. The third-order valence-corrected chi connectivity index (χ3v) is 5.89. The smallest absolute Gasteiger partial charge is 0.338 e. The van der Waals surface area contributed by atoms with Gasteiger partial charge in [-0.1, -0.05) is 48.5 Å². The second kappa shape index (κ2) is 10.8. The predicted molar refractivity (Wildman–Crippen MR) is 144 cm³/mol. The lowest BCUT2D eigenvalue weighted by atomic mass is 9.89. The van der Waals surface area contributed by atoms with Crippen molar-refractivity contribution in [3.8, 4) is 16.9 Å². The van der Waals surface area contributed by atoms with Gasteiger partial charge in [0.05, 0.1) is 12.7 Å². The SMILES string of the molecule is COC(=O)c1cccc(-c2ccc(OCc3ccccc3)c(CC3(C(=O)OC(C)(C)C)C=CC=N3)c2)c1. The standard InChI is InChI=1S/C31H31NO5/c1-30(2,3)37-29(34)31(16-9-17-32-31)20-26-19-24(23-12-8-13-25(18-23)28(33)35-4)14-15-27(26)36-21-22-10-6-5-7-11-22/h5-19H,20-21H2,1-4H3. The number of carbonyl (C=O) groups excluding carboxylic acids is 2. The van der Waals surface area contributed by atoms with Gasteiger partial charge in [-0.25, -0.2) is 9.59 Å². The maximum absolute atomic E-state index is 13.3. The van der Waals surface area contributed by atoms with Gasteiger partial charge in [0.1, 0.15) is 18.0 Å². The predicted octanol–water partition coefficient (Wildman–Crippen LogP) is 5.98. The lowest BCUT2D eigenvalue weighted by molar-refractivity contribution is -0.159. The quantitative estimate of drug-likeness (QED) is 0.358. The van der Waals surface area contributed by atoms with Crippen LogP contribution in [0, 0.1) is 0 Å². The molecule has 6 nitrogen and oxygen atoms in total. The summed E-state index contributed by atoms with van der Waals surface area (Å²) in [6.07, 6.45) is 5.41. The van der Waals surface area contributed by atoms with Crippen molar-refractivity contribution in [2.75, 3.05) is 7.11 Å². The number of methoxy groups -OCH3 is 1. The molecule has 0 spiro atoms. The van der Waals surface area contributed by atoms with Crippen LogP contribution in [0.25, 0.3) is 11.1 Å². The van der Waals surface area contributed by atoms with Gasteiger partial charge in [-0.15, -0.1) is 0 Å². The maximum Gasteiger partial charge on any atom is 0.338 e. The molecule has 0 aliphatic carbocycles. The fraction of sp³-hybridized carbons (Fsp3) is 0.258. The van der Waals surface area contributed by atoms with Crippen molar-refractivity contribution >= 4 is 18.2 Å². The zero-order valence-electron chi connectivity index (χ0n) is 21.6. The molecule has 190 valence electrons. The van der Waals surface area contributed by atoms with Crippen LogP contribution in [-0.2, 0) is 27.3 Å². The molecule has 0 aromatic heterocycles. The second-order valence-electron chi connectivity index (χ2n) is 9.91. The summed E-state index contributed by atoms with van der Waals surface area (Å²) in [5.41, 5.74) is 2.16. The fourth-order valence-corrected chi connectivity index (χ4v) is 4.09. The van der Waals surface area contributed by atoms with Gasteiger partial charge in [-0.3, -0.25) is 4.99 Å². The van der Waals surface area contributed by atoms with Gasteiger partial charge in [-0.05, 0) is 79.4 Å². The molecule has 1 atom stereocenters. The first-order valence-electron chi connectivity index (χ1n) is 12.1. The Hall–Kier alpha value is -4.19. The number of ether oxygens (including phenoxy) is 3. The molecule has 0 N–H and O–H groups in total. The number of rotatable bonds is 8. The molecule has 37 heavy (non-hydrogen) atoms. The van der Waals surface area contributed by atoms with Crippen molar-refractivity contribution < 1.29 is 23.8 Å². The molecule has 1 heterocycles. The Morgan fingerprint density at radius 1 is 0.919 bits per heavy atom. The van der Waals surface area contributed by atoms with E-state index in [0.717, 1.165) is 22.3 Å². The van der Waals surface area contributed by atoms with Crippen LogP contribution in [0.2, 0.25) is 0 Å². The number of allylic oxidation sites excluding steroid dienone is 1. The van der Waals surface area contributed by atoms with E-state index in [2.05, 4.69) is 4.99 Å². The van der Waals surface area contributed by atoms with Crippen molar-refractivity contribution in [2.45, 2.75) is 44.9 Å². The normalized spacial score (nSPS) is 16.4. The summed E-state index contributed by atoms with van der Waals surface area (Å²) < 4.78 is 16.8. The van der Waals surface area contributed by atoms with Crippen LogP contribution in [0.1, 0.15) is 42.3 Å². The number of carbonyl (C=O) groups is 2. The summed E-state index contributed by atoms with van der Waals surface area (Å²) in [6, 6.07) is 22.9. The monoisotopic (exact) mass is 497 g/mol. The van der Waals surface area contributed by atoms with E-state index in [0.29, 0.717) is 17.9 Å². The molecule has 3 aromatic carbocycles. The summed E-state index contributed by atoms with van der Waals surface area (Å²) >= 11 is 0. The average molecular weight is 498 g/mol. The van der Waals surface area contributed by atoms with Crippen LogP contribution < -0.4 is 4.74 Å². The van der Waals surface area contributed by atoms with Gasteiger partial charge < -0.3 is 14.2 Å². The van der Waals surface area contributed by atoms with Gasteiger partial charge in [-0.2, -0.15) is 0 Å². The number of benzene rings is 3. The van der Waals surface area contributed by atoms with Crippen LogP contribution in [0.15, 0.2) is 89.9 Å². The Labute approximate surface area is 217 Å². The number of esters is 2. The van der Waals surface area contributed by atoms with Crippen LogP contribution in [-0.4, -0.2) is 36.4 Å². The average Bonchev–Trinajstić information content (AvgIpc) is 3.37. The maximum atomic E-state index is 13.3. The Morgan fingerprint density at radius 3 is 2.35 bits per heavy atom. The topological polar surface area (TPSA) is 74.2 Å². The lowest BCUT2D eigenvalue weighted by Crippen LogP contribution is -2.41. The van der Waals surface area contributed by atoms with Gasteiger partial charge in [0, 0.05) is 12.6 Å². The third kappa shape index (κ3) is 6.33. The molecular weight excluding hydrogens is 466 g/mol. The van der Waals surface area contributed by atoms with E-state index in [1.807, 2.05) is 81.4 Å². The van der Waals surface area contributed by atoms with Crippen molar-refractivity contribution in [2.24, 2.45) is 4.99 Å². The summed E-state index contributed by atoms with van der Waals surface area (Å²) in [7, 11) is 1.36. The van der Waals surface area contributed by atoms with E-state index in [4.69, 9.17) is 14.2 Å². The summed E-state index contributed by atoms with van der Waals surface area (Å²) in [4.78, 5) is 29.9. The lowest BCUT2D eigenvalue weighted by Gasteiger charge is -2.28. The van der Waals surface area contributed by atoms with E-state index in [9.17, 15) is 9.59 Å². The molecule has 1 aliphatic heterocycles. The van der Waals surface area contributed by atoms with Crippen molar-refractivity contribution in [3.05, 3.63) is 102 Å². The van der Waals surface area contributed by atoms with Crippen LogP contribution in [0.4, 0.5) is 0 Å². The molecule has 3 aromatic rings. The molecule has 0 radical (unpaired) electrons. The highest BCUT2D eigenvalue weighted by Crippen LogP contribution is 2.34. The molecule has 0 fully saturated rings. The molecule has 4 rings (SSSR count). The highest BCUT2D eigenvalue weighted by atomic mass is 16.6. The number of nitrogens with zero attached hydrogens (tertiary/aromatic N) is 1. The summed E-state index contributed by atoms with van der Waals surface area (Å²) in [5, 5.41) is 0. The zero-order chi connectivity index (χ0) is 26.5. The largest absolute Gasteiger partial charge is 0.489 e. The van der Waals surface area contributed by atoms with Gasteiger partial charge in [0.15, 0.2) is 5.54 Å².